The number of esters is 1. The zero-order valence-corrected chi connectivity index (χ0v) is 10.9. The zero-order valence-electron chi connectivity index (χ0n) is 10.9. The van der Waals surface area contributed by atoms with Crippen molar-refractivity contribution in [3.05, 3.63) is 23.8 Å². The molecule has 4 heteroatoms. The highest BCUT2D eigenvalue weighted by molar-refractivity contribution is 5.97. The summed E-state index contributed by atoms with van der Waals surface area (Å²) in [4.78, 5) is 14.2. The number of carbonyl (C=O) groups excluding carboxylic acids is 1. The molecule has 2 rings (SSSR count). The molecule has 0 unspecified atom stereocenters. The molecule has 0 bridgehead atoms. The summed E-state index contributed by atoms with van der Waals surface area (Å²) in [6, 6.07) is 5.35. The molecule has 0 aliphatic carbocycles. The number of rotatable bonds is 3. The Morgan fingerprint density at radius 2 is 2.11 bits per heavy atom. The molecule has 0 radical (unpaired) electrons. The van der Waals surface area contributed by atoms with Gasteiger partial charge in [0.15, 0.2) is 6.61 Å². The second-order valence-corrected chi connectivity index (χ2v) is 4.60. The van der Waals surface area contributed by atoms with Crippen molar-refractivity contribution in [3.63, 3.8) is 0 Å². The largest absolute Gasteiger partial charge is 0.449 e. The lowest BCUT2D eigenvalue weighted by Gasteiger charge is -2.30. The third kappa shape index (κ3) is 3.19. The fourth-order valence-corrected chi connectivity index (χ4v) is 2.31. The number of benzene rings is 1. The van der Waals surface area contributed by atoms with E-state index >= 15 is 0 Å². The Morgan fingerprint density at radius 3 is 2.79 bits per heavy atom. The predicted octanol–water partition coefficient (Wildman–Crippen LogP) is 2.05. The van der Waals surface area contributed by atoms with Crippen LogP contribution in [-0.4, -0.2) is 25.7 Å². The number of terminal acetylenes is 1. The van der Waals surface area contributed by atoms with E-state index in [2.05, 4.69) is 10.8 Å². The minimum absolute atomic E-state index is 0.0208. The van der Waals surface area contributed by atoms with E-state index in [1.807, 2.05) is 12.1 Å². The summed E-state index contributed by atoms with van der Waals surface area (Å²) in [5.74, 6) is 1.88. The molecular weight excluding hydrogens is 240 g/mol. The molecular formula is C15H18N2O2. The molecule has 0 aromatic heterocycles. The maximum absolute atomic E-state index is 12.0. The van der Waals surface area contributed by atoms with Crippen LogP contribution in [0.1, 0.15) is 29.6 Å². The van der Waals surface area contributed by atoms with Gasteiger partial charge in [0, 0.05) is 18.8 Å². The topological polar surface area (TPSA) is 55.6 Å². The van der Waals surface area contributed by atoms with Crippen LogP contribution < -0.4 is 10.6 Å². The Labute approximate surface area is 113 Å². The summed E-state index contributed by atoms with van der Waals surface area (Å²) in [5, 5.41) is 0. The third-order valence-corrected chi connectivity index (χ3v) is 3.22. The normalized spacial score (nSPS) is 14.8. The molecule has 19 heavy (non-hydrogen) atoms. The zero-order chi connectivity index (χ0) is 13.7. The van der Waals surface area contributed by atoms with Gasteiger partial charge in [-0.1, -0.05) is 5.92 Å². The number of nitrogen functional groups attached to an aromatic ring is 1. The van der Waals surface area contributed by atoms with E-state index < -0.39 is 5.97 Å². The van der Waals surface area contributed by atoms with Crippen LogP contribution in [0.15, 0.2) is 18.2 Å². The van der Waals surface area contributed by atoms with Crippen LogP contribution in [0.2, 0.25) is 0 Å². The van der Waals surface area contributed by atoms with Gasteiger partial charge >= 0.3 is 5.97 Å². The molecule has 0 spiro atoms. The first-order valence-corrected chi connectivity index (χ1v) is 6.47. The fourth-order valence-electron chi connectivity index (χ4n) is 2.31. The predicted molar refractivity (Wildman–Crippen MR) is 76.0 cm³/mol. The van der Waals surface area contributed by atoms with Gasteiger partial charge in [-0.3, -0.25) is 0 Å². The van der Waals surface area contributed by atoms with Gasteiger partial charge < -0.3 is 15.4 Å². The van der Waals surface area contributed by atoms with Gasteiger partial charge in [0.05, 0.1) is 11.3 Å². The Bertz CT molecular complexity index is 499. The van der Waals surface area contributed by atoms with Gasteiger partial charge in [-0.05, 0) is 37.5 Å². The number of hydrogen-bond acceptors (Lipinski definition) is 4. The number of anilines is 2. The molecule has 4 nitrogen and oxygen atoms in total. The molecule has 0 amide bonds. The highest BCUT2D eigenvalue weighted by Gasteiger charge is 2.19. The smallest absolute Gasteiger partial charge is 0.341 e. The van der Waals surface area contributed by atoms with Gasteiger partial charge in [0.1, 0.15) is 0 Å². The first kappa shape index (κ1) is 13.3. The lowest BCUT2D eigenvalue weighted by molar-refractivity contribution is 0.0557. The van der Waals surface area contributed by atoms with E-state index in [4.69, 9.17) is 16.9 Å². The minimum Gasteiger partial charge on any atom is -0.449 e. The van der Waals surface area contributed by atoms with Crippen LogP contribution in [0.4, 0.5) is 11.4 Å². The fraction of sp³-hybridized carbons (Fsp3) is 0.400. The first-order valence-electron chi connectivity index (χ1n) is 6.47. The highest BCUT2D eigenvalue weighted by Crippen LogP contribution is 2.26. The van der Waals surface area contributed by atoms with Gasteiger partial charge in [-0.15, -0.1) is 6.42 Å². The van der Waals surface area contributed by atoms with Gasteiger partial charge in [-0.2, -0.15) is 0 Å². The molecule has 1 aromatic carbocycles. The van der Waals surface area contributed by atoms with Gasteiger partial charge in [0.2, 0.25) is 0 Å². The van der Waals surface area contributed by atoms with Crippen LogP contribution >= 0.6 is 0 Å². The van der Waals surface area contributed by atoms with Crippen LogP contribution in [-0.2, 0) is 4.74 Å². The molecule has 1 aliphatic rings. The third-order valence-electron chi connectivity index (χ3n) is 3.22. The summed E-state index contributed by atoms with van der Waals surface area (Å²) in [6.45, 7) is 1.89. The molecule has 1 aliphatic heterocycles. The van der Waals surface area contributed by atoms with Crippen molar-refractivity contribution in [2.45, 2.75) is 19.3 Å². The van der Waals surface area contributed by atoms with E-state index in [1.54, 1.807) is 6.07 Å². The Balaban J connectivity index is 2.26. The van der Waals surface area contributed by atoms with Crippen molar-refractivity contribution in [1.29, 1.82) is 0 Å². The summed E-state index contributed by atoms with van der Waals surface area (Å²) in [5.41, 5.74) is 7.69. The number of ether oxygens (including phenoxy) is 1. The second kappa shape index (κ2) is 6.14. The van der Waals surface area contributed by atoms with Gasteiger partial charge in [-0.25, -0.2) is 4.79 Å². The molecule has 2 N–H and O–H groups in total. The van der Waals surface area contributed by atoms with E-state index in [9.17, 15) is 4.79 Å². The minimum atomic E-state index is -0.411. The second-order valence-electron chi connectivity index (χ2n) is 4.60. The number of piperidine rings is 1. The Hall–Kier alpha value is -2.15. The maximum atomic E-state index is 12.0. The number of nitrogens with two attached hydrogens (primary N) is 1. The van der Waals surface area contributed by atoms with Crippen LogP contribution in [0, 0.1) is 12.3 Å². The summed E-state index contributed by atoms with van der Waals surface area (Å²) < 4.78 is 5.01. The lowest BCUT2D eigenvalue weighted by Crippen LogP contribution is -2.31. The molecule has 1 saturated heterocycles. The van der Waals surface area contributed by atoms with Crippen molar-refractivity contribution < 1.29 is 9.53 Å². The summed E-state index contributed by atoms with van der Waals surface area (Å²) in [6.07, 6.45) is 8.63. The average Bonchev–Trinajstić information content (AvgIpc) is 2.45. The van der Waals surface area contributed by atoms with Crippen LogP contribution in [0.3, 0.4) is 0 Å². The van der Waals surface area contributed by atoms with E-state index in [0.717, 1.165) is 31.6 Å². The SMILES string of the molecule is C#CCOC(=O)c1cc(N)ccc1N1CCCCC1. The molecule has 1 heterocycles. The van der Waals surface area contributed by atoms with E-state index in [1.165, 1.54) is 6.42 Å². The molecule has 0 atom stereocenters. The van der Waals surface area contributed by atoms with Crippen molar-refractivity contribution in [2.75, 3.05) is 30.3 Å². The summed E-state index contributed by atoms with van der Waals surface area (Å²) in [7, 11) is 0. The van der Waals surface area contributed by atoms with E-state index in [0.29, 0.717) is 11.3 Å². The standard InChI is InChI=1S/C15H18N2O2/c1-2-10-19-15(18)13-11-12(16)6-7-14(13)17-8-4-3-5-9-17/h1,6-7,11H,3-5,8-10,16H2. The summed E-state index contributed by atoms with van der Waals surface area (Å²) >= 11 is 0. The highest BCUT2D eigenvalue weighted by atomic mass is 16.5. The average molecular weight is 258 g/mol. The van der Waals surface area contributed by atoms with Crippen molar-refractivity contribution in [1.82, 2.24) is 0 Å². The van der Waals surface area contributed by atoms with Crippen molar-refractivity contribution in [2.24, 2.45) is 0 Å². The Kier molecular flexibility index (Phi) is 4.30. The lowest BCUT2D eigenvalue weighted by atomic mass is 10.1. The van der Waals surface area contributed by atoms with Crippen LogP contribution in [0.25, 0.3) is 0 Å². The number of nitrogens with zero attached hydrogens (tertiary/aromatic N) is 1. The van der Waals surface area contributed by atoms with E-state index in [-0.39, 0.29) is 6.61 Å². The van der Waals surface area contributed by atoms with Gasteiger partial charge in [0.25, 0.3) is 0 Å². The van der Waals surface area contributed by atoms with Crippen LogP contribution in [0.5, 0.6) is 0 Å². The quantitative estimate of drug-likeness (QED) is 0.512. The number of carbonyl (C=O) groups is 1. The van der Waals surface area contributed by atoms with Crippen molar-refractivity contribution >= 4 is 17.3 Å². The molecule has 100 valence electrons. The first-order chi connectivity index (χ1) is 9.22. The maximum Gasteiger partial charge on any atom is 0.341 e. The molecule has 0 saturated carbocycles. The Morgan fingerprint density at radius 1 is 1.37 bits per heavy atom. The molecule has 1 fully saturated rings. The monoisotopic (exact) mass is 258 g/mol. The van der Waals surface area contributed by atoms with Crippen molar-refractivity contribution in [3.8, 4) is 12.3 Å². The molecule has 1 aromatic rings. The number of hydrogen-bond donors (Lipinski definition) is 1.